The van der Waals surface area contributed by atoms with Crippen LogP contribution in [0.2, 0.25) is 0 Å². The lowest BCUT2D eigenvalue weighted by molar-refractivity contribution is 0.0660. The molecular formula is C17H25BrN2O. The molecule has 1 saturated heterocycles. The molecule has 0 aliphatic carbocycles. The molecule has 1 fully saturated rings. The zero-order valence-corrected chi connectivity index (χ0v) is 14.7. The topological polar surface area (TPSA) is 32.3 Å². The van der Waals surface area contributed by atoms with Crippen molar-refractivity contribution in [3.05, 3.63) is 33.8 Å². The van der Waals surface area contributed by atoms with E-state index in [2.05, 4.69) is 35.1 Å². The largest absolute Gasteiger partial charge is 0.336 e. The van der Waals surface area contributed by atoms with Gasteiger partial charge in [0.05, 0.1) is 0 Å². The highest BCUT2D eigenvalue weighted by Gasteiger charge is 2.25. The number of benzene rings is 1. The minimum absolute atomic E-state index is 0.148. The number of nitrogens with zero attached hydrogens (tertiary/aromatic N) is 1. The molecule has 2 rings (SSSR count). The van der Waals surface area contributed by atoms with E-state index >= 15 is 0 Å². The van der Waals surface area contributed by atoms with Gasteiger partial charge in [-0.1, -0.05) is 22.0 Å². The van der Waals surface area contributed by atoms with Crippen LogP contribution in [0.5, 0.6) is 0 Å². The van der Waals surface area contributed by atoms with Crippen LogP contribution in [0, 0.1) is 12.8 Å². The molecule has 0 spiro atoms. The first-order valence-electron chi connectivity index (χ1n) is 7.77. The monoisotopic (exact) mass is 352 g/mol. The summed E-state index contributed by atoms with van der Waals surface area (Å²) in [6.45, 7) is 9.17. The summed E-state index contributed by atoms with van der Waals surface area (Å²) in [4.78, 5) is 14.9. The number of amides is 1. The van der Waals surface area contributed by atoms with Crippen LogP contribution < -0.4 is 5.32 Å². The third-order valence-electron chi connectivity index (χ3n) is 4.24. The van der Waals surface area contributed by atoms with Gasteiger partial charge in [0.15, 0.2) is 0 Å². The summed E-state index contributed by atoms with van der Waals surface area (Å²) in [6.07, 6.45) is 2.42. The highest BCUT2D eigenvalue weighted by atomic mass is 79.9. The minimum Gasteiger partial charge on any atom is -0.336 e. The number of hydrogen-bond donors (Lipinski definition) is 1. The molecule has 116 valence electrons. The molecular weight excluding hydrogens is 328 g/mol. The van der Waals surface area contributed by atoms with Gasteiger partial charge in [0.2, 0.25) is 0 Å². The van der Waals surface area contributed by atoms with Crippen molar-refractivity contribution < 1.29 is 4.79 Å². The molecule has 1 atom stereocenters. The summed E-state index contributed by atoms with van der Waals surface area (Å²) in [5, 5.41) is 3.43. The van der Waals surface area contributed by atoms with Crippen molar-refractivity contribution >= 4 is 21.8 Å². The number of halogens is 1. The second-order valence-electron chi connectivity index (χ2n) is 6.18. The van der Waals surface area contributed by atoms with Crippen LogP contribution in [0.4, 0.5) is 0 Å². The normalized spacial score (nSPS) is 18.8. The van der Waals surface area contributed by atoms with E-state index in [1.54, 1.807) is 0 Å². The number of nitrogens with one attached hydrogen (secondary N) is 1. The predicted octanol–water partition coefficient (Wildman–Crippen LogP) is 3.61. The van der Waals surface area contributed by atoms with E-state index in [4.69, 9.17) is 0 Å². The SMILES string of the molecule is Cc1c(Br)cccc1C(=O)N(CC1CCCNC1)C(C)C. The van der Waals surface area contributed by atoms with Crippen LogP contribution >= 0.6 is 15.9 Å². The highest BCUT2D eigenvalue weighted by Crippen LogP contribution is 2.23. The molecule has 1 heterocycles. The fraction of sp³-hybridized carbons (Fsp3) is 0.588. The van der Waals surface area contributed by atoms with Crippen molar-refractivity contribution in [2.24, 2.45) is 5.92 Å². The lowest BCUT2D eigenvalue weighted by Gasteiger charge is -2.33. The summed E-state index contributed by atoms with van der Waals surface area (Å²) in [5.41, 5.74) is 1.83. The molecule has 3 nitrogen and oxygen atoms in total. The Hall–Kier alpha value is -0.870. The number of piperidine rings is 1. The van der Waals surface area contributed by atoms with Gasteiger partial charge in [-0.05, 0) is 70.3 Å². The van der Waals surface area contributed by atoms with E-state index in [1.807, 2.05) is 30.0 Å². The minimum atomic E-state index is 0.148. The third-order valence-corrected chi connectivity index (χ3v) is 5.10. The van der Waals surface area contributed by atoms with Gasteiger partial charge >= 0.3 is 0 Å². The third kappa shape index (κ3) is 4.07. The highest BCUT2D eigenvalue weighted by molar-refractivity contribution is 9.10. The first kappa shape index (κ1) is 16.5. The van der Waals surface area contributed by atoms with Gasteiger partial charge in [0, 0.05) is 22.6 Å². The Morgan fingerprint density at radius 2 is 2.24 bits per heavy atom. The standard InChI is InChI=1S/C17H25BrN2O/c1-12(2)20(11-14-6-5-9-19-10-14)17(21)15-7-4-8-16(18)13(15)3/h4,7-8,12,14,19H,5-6,9-11H2,1-3H3. The summed E-state index contributed by atoms with van der Waals surface area (Å²) < 4.78 is 0.997. The van der Waals surface area contributed by atoms with Crippen LogP contribution in [0.3, 0.4) is 0 Å². The van der Waals surface area contributed by atoms with E-state index in [9.17, 15) is 4.79 Å². The van der Waals surface area contributed by atoms with Crippen molar-refractivity contribution in [1.82, 2.24) is 10.2 Å². The maximum absolute atomic E-state index is 12.9. The van der Waals surface area contributed by atoms with Crippen molar-refractivity contribution in [3.63, 3.8) is 0 Å². The second-order valence-corrected chi connectivity index (χ2v) is 7.03. The van der Waals surface area contributed by atoms with Gasteiger partial charge in [-0.25, -0.2) is 0 Å². The quantitative estimate of drug-likeness (QED) is 0.897. The molecule has 1 aliphatic heterocycles. The average Bonchev–Trinajstić information content (AvgIpc) is 2.48. The van der Waals surface area contributed by atoms with Gasteiger partial charge in [0.25, 0.3) is 5.91 Å². The number of carbonyl (C=O) groups is 1. The summed E-state index contributed by atoms with van der Waals surface area (Å²) >= 11 is 3.52. The summed E-state index contributed by atoms with van der Waals surface area (Å²) in [6, 6.07) is 6.07. The van der Waals surface area contributed by atoms with Crippen molar-refractivity contribution in [3.8, 4) is 0 Å². The van der Waals surface area contributed by atoms with E-state index in [-0.39, 0.29) is 11.9 Å². The molecule has 1 aliphatic rings. The summed E-state index contributed by atoms with van der Waals surface area (Å²) in [5.74, 6) is 0.715. The van der Waals surface area contributed by atoms with Crippen molar-refractivity contribution in [2.45, 2.75) is 39.7 Å². The first-order chi connectivity index (χ1) is 10.0. The molecule has 1 aromatic rings. The van der Waals surface area contributed by atoms with Gasteiger partial charge in [0.1, 0.15) is 0 Å². The maximum Gasteiger partial charge on any atom is 0.254 e. The lowest BCUT2D eigenvalue weighted by atomic mass is 9.97. The Morgan fingerprint density at radius 1 is 1.48 bits per heavy atom. The molecule has 1 amide bonds. The first-order valence-corrected chi connectivity index (χ1v) is 8.56. The Labute approximate surface area is 136 Å². The predicted molar refractivity (Wildman–Crippen MR) is 90.6 cm³/mol. The Kier molecular flexibility index (Phi) is 5.82. The smallest absolute Gasteiger partial charge is 0.254 e. The fourth-order valence-corrected chi connectivity index (χ4v) is 3.25. The van der Waals surface area contributed by atoms with Gasteiger partial charge in [-0.3, -0.25) is 4.79 Å². The van der Waals surface area contributed by atoms with Crippen LogP contribution in [-0.4, -0.2) is 36.5 Å². The lowest BCUT2D eigenvalue weighted by Crippen LogP contribution is -2.44. The Morgan fingerprint density at radius 3 is 2.86 bits per heavy atom. The number of carbonyl (C=O) groups excluding carboxylic acids is 1. The average molecular weight is 353 g/mol. The van der Waals surface area contributed by atoms with E-state index in [1.165, 1.54) is 12.8 Å². The Balaban J connectivity index is 2.17. The van der Waals surface area contributed by atoms with E-state index in [0.29, 0.717) is 5.92 Å². The molecule has 0 bridgehead atoms. The van der Waals surface area contributed by atoms with Gasteiger partial charge in [-0.15, -0.1) is 0 Å². The molecule has 1 aromatic carbocycles. The molecule has 0 aromatic heterocycles. The molecule has 1 unspecified atom stereocenters. The van der Waals surface area contributed by atoms with Crippen LogP contribution in [0.15, 0.2) is 22.7 Å². The van der Waals surface area contributed by atoms with Crippen LogP contribution in [-0.2, 0) is 0 Å². The van der Waals surface area contributed by atoms with E-state index in [0.717, 1.165) is 35.2 Å². The maximum atomic E-state index is 12.9. The van der Waals surface area contributed by atoms with Gasteiger partial charge in [-0.2, -0.15) is 0 Å². The summed E-state index contributed by atoms with van der Waals surface area (Å²) in [7, 11) is 0. The van der Waals surface area contributed by atoms with Crippen LogP contribution in [0.1, 0.15) is 42.6 Å². The zero-order chi connectivity index (χ0) is 15.4. The van der Waals surface area contributed by atoms with Crippen molar-refractivity contribution in [1.29, 1.82) is 0 Å². The van der Waals surface area contributed by atoms with Crippen LogP contribution in [0.25, 0.3) is 0 Å². The molecule has 1 N–H and O–H groups in total. The molecule has 21 heavy (non-hydrogen) atoms. The second kappa shape index (κ2) is 7.41. The molecule has 4 heteroatoms. The number of rotatable bonds is 4. The van der Waals surface area contributed by atoms with Crippen molar-refractivity contribution in [2.75, 3.05) is 19.6 Å². The number of hydrogen-bond acceptors (Lipinski definition) is 2. The Bertz CT molecular complexity index is 496. The molecule has 0 radical (unpaired) electrons. The fourth-order valence-electron chi connectivity index (χ4n) is 2.88. The van der Waals surface area contributed by atoms with Gasteiger partial charge < -0.3 is 10.2 Å². The van der Waals surface area contributed by atoms with E-state index < -0.39 is 0 Å². The zero-order valence-electron chi connectivity index (χ0n) is 13.2. The molecule has 0 saturated carbocycles.